The summed E-state index contributed by atoms with van der Waals surface area (Å²) >= 11 is 0. The minimum Gasteiger partial charge on any atom is -0.480 e. The minimum atomic E-state index is -4.33. The lowest BCUT2D eigenvalue weighted by Crippen LogP contribution is -2.48. The number of fused-ring (bicyclic) bond motifs is 1. The maximum atomic E-state index is 13.2. The van der Waals surface area contributed by atoms with Crippen molar-refractivity contribution in [3.8, 4) is 11.1 Å². The highest BCUT2D eigenvalue weighted by atomic mass is 32.2. The number of benzene rings is 3. The number of carbonyl (C=O) groups is 2. The van der Waals surface area contributed by atoms with Crippen LogP contribution in [0.3, 0.4) is 0 Å². The molecule has 5 aromatic rings. The van der Waals surface area contributed by atoms with Crippen molar-refractivity contribution in [1.29, 1.82) is 0 Å². The maximum Gasteiger partial charge on any atom is 0.323 e. The van der Waals surface area contributed by atoms with Crippen molar-refractivity contribution in [1.82, 2.24) is 34.5 Å². The van der Waals surface area contributed by atoms with E-state index in [2.05, 4.69) is 35.1 Å². The fraction of sp³-hybridized carbons (Fsp3) is 0.385. The predicted octanol–water partition coefficient (Wildman–Crippen LogP) is 2.16. The van der Waals surface area contributed by atoms with E-state index in [0.717, 1.165) is 18.4 Å². The molecule has 0 aliphatic rings. The molecular weight excluding hydrogens is 819 g/mol. The number of aromatic nitrogens is 4. The summed E-state index contributed by atoms with van der Waals surface area (Å²) in [5.74, 6) is -1.39. The highest BCUT2D eigenvalue weighted by Gasteiger charge is 2.26. The molecular formula is C39H51N9O10S2. The first-order valence-electron chi connectivity index (χ1n) is 19.3. The van der Waals surface area contributed by atoms with E-state index < -0.39 is 44.5 Å². The van der Waals surface area contributed by atoms with Gasteiger partial charge in [0.15, 0.2) is 5.95 Å². The van der Waals surface area contributed by atoms with Crippen LogP contribution in [0.1, 0.15) is 29.6 Å². The average Bonchev–Trinajstić information content (AvgIpc) is 3.92. The van der Waals surface area contributed by atoms with Crippen molar-refractivity contribution in [2.45, 2.75) is 41.6 Å². The molecule has 8 N–H and O–H groups in total. The monoisotopic (exact) mass is 869 g/mol. The summed E-state index contributed by atoms with van der Waals surface area (Å²) < 4.78 is 74.8. The van der Waals surface area contributed by atoms with Crippen LogP contribution in [0, 0.1) is 0 Å². The fourth-order valence-electron chi connectivity index (χ4n) is 5.78. The third-order valence-electron chi connectivity index (χ3n) is 8.96. The van der Waals surface area contributed by atoms with Crippen LogP contribution in [0.2, 0.25) is 0 Å². The Balaban J connectivity index is 1.05. The van der Waals surface area contributed by atoms with Gasteiger partial charge in [-0.3, -0.25) is 14.3 Å². The number of anilines is 1. The number of imidazole rings is 1. The Bertz CT molecular complexity index is 2320. The number of aryl methyl sites for hydroxylation is 1. The van der Waals surface area contributed by atoms with Gasteiger partial charge in [0, 0.05) is 62.7 Å². The number of hydrogen-bond acceptors (Lipinski definition) is 13. The van der Waals surface area contributed by atoms with Gasteiger partial charge in [0.1, 0.15) is 6.04 Å². The Morgan fingerprint density at radius 1 is 0.800 bits per heavy atom. The van der Waals surface area contributed by atoms with E-state index in [1.165, 1.54) is 36.4 Å². The molecule has 0 aliphatic heterocycles. The molecule has 0 saturated carbocycles. The molecule has 1 amide bonds. The summed E-state index contributed by atoms with van der Waals surface area (Å²) in [4.78, 5) is 32.0. The van der Waals surface area contributed by atoms with Gasteiger partial charge in [-0.2, -0.15) is 9.82 Å². The van der Waals surface area contributed by atoms with Crippen molar-refractivity contribution in [2.24, 2.45) is 5.73 Å². The van der Waals surface area contributed by atoms with Gasteiger partial charge in [0.05, 0.1) is 47.9 Å². The highest BCUT2D eigenvalue weighted by Crippen LogP contribution is 2.23. The number of aromatic amines is 1. The summed E-state index contributed by atoms with van der Waals surface area (Å²) in [5.41, 5.74) is 7.69. The molecule has 0 aliphatic carbocycles. The van der Waals surface area contributed by atoms with Crippen molar-refractivity contribution in [3.05, 3.63) is 90.9 Å². The SMILES string of the molecule is NCCCOCCOCCOCCCNS(=O)(=O)c1ccc(-c2ccc(S(=O)(=O)NC(CNC(=O)c3ccc4c(cnn4CCCNc4ncc[nH]4)c3)C(=O)O)cc2)cc1. The molecule has 324 valence electrons. The number of nitrogens with one attached hydrogen (secondary N) is 5. The van der Waals surface area contributed by atoms with E-state index in [-0.39, 0.29) is 21.9 Å². The molecule has 60 heavy (non-hydrogen) atoms. The van der Waals surface area contributed by atoms with Crippen molar-refractivity contribution < 1.29 is 45.7 Å². The summed E-state index contributed by atoms with van der Waals surface area (Å²) in [6.45, 7) is 4.22. The summed E-state index contributed by atoms with van der Waals surface area (Å²) in [7, 11) is -8.11. The van der Waals surface area contributed by atoms with Gasteiger partial charge in [0.2, 0.25) is 20.0 Å². The average molecular weight is 870 g/mol. The van der Waals surface area contributed by atoms with E-state index in [9.17, 15) is 31.5 Å². The van der Waals surface area contributed by atoms with Crippen LogP contribution in [0.4, 0.5) is 5.95 Å². The molecule has 2 heterocycles. The van der Waals surface area contributed by atoms with Crippen molar-refractivity contribution in [3.63, 3.8) is 0 Å². The van der Waals surface area contributed by atoms with Crippen LogP contribution in [0.15, 0.2) is 95.1 Å². The standard InChI is InChI=1S/C39H51N9O10S2/c40-14-1-20-56-22-24-58-25-23-57-21-3-16-46-59(52,53)33-9-4-29(5-10-33)30-6-11-34(12-7-30)60(54,55)47-35(38(50)51)28-44-37(49)31-8-13-36-32(26-31)27-45-48(36)19-2-15-41-39-42-17-18-43-39/h4-13,17-18,26-27,35,46-47H,1-3,14-16,19-25,28,40H2,(H,44,49)(H,50,51)(H2,41,42,43). The molecule has 1 unspecified atom stereocenters. The normalized spacial score (nSPS) is 12.4. The number of ether oxygens (including phenoxy) is 3. The maximum absolute atomic E-state index is 13.2. The molecule has 0 saturated heterocycles. The topological polar surface area (TPSA) is 271 Å². The van der Waals surface area contributed by atoms with E-state index in [0.29, 0.717) is 88.2 Å². The summed E-state index contributed by atoms with van der Waals surface area (Å²) in [6.07, 6.45) is 7.05. The smallest absolute Gasteiger partial charge is 0.323 e. The zero-order valence-corrected chi connectivity index (χ0v) is 34.5. The van der Waals surface area contributed by atoms with E-state index >= 15 is 0 Å². The number of hydrogen-bond donors (Lipinski definition) is 7. The Hall–Kier alpha value is -5.26. The van der Waals surface area contributed by atoms with Crippen molar-refractivity contribution >= 4 is 48.8 Å². The molecule has 1 atom stereocenters. The number of carbonyl (C=O) groups excluding carboxylic acids is 1. The molecule has 3 aromatic carbocycles. The van der Waals surface area contributed by atoms with E-state index in [1.807, 2.05) is 4.68 Å². The molecule has 0 radical (unpaired) electrons. The first-order valence-corrected chi connectivity index (χ1v) is 22.3. The minimum absolute atomic E-state index is 0.0581. The zero-order valence-electron chi connectivity index (χ0n) is 32.9. The molecule has 0 bridgehead atoms. The second-order valence-corrected chi connectivity index (χ2v) is 16.8. The number of carboxylic acids is 1. The lowest BCUT2D eigenvalue weighted by Gasteiger charge is -2.16. The second-order valence-electron chi connectivity index (χ2n) is 13.4. The van der Waals surface area contributed by atoms with Crippen LogP contribution in [-0.2, 0) is 45.6 Å². The van der Waals surface area contributed by atoms with Gasteiger partial charge in [-0.15, -0.1) is 0 Å². The van der Waals surface area contributed by atoms with Gasteiger partial charge in [-0.1, -0.05) is 24.3 Å². The predicted molar refractivity (Wildman–Crippen MR) is 223 cm³/mol. The molecule has 2 aromatic heterocycles. The Kier molecular flexibility index (Phi) is 17.5. The van der Waals surface area contributed by atoms with Crippen molar-refractivity contribution in [2.75, 3.05) is 71.1 Å². The number of carboxylic acid groups (broad SMARTS) is 1. The van der Waals surface area contributed by atoms with Crippen LogP contribution >= 0.6 is 0 Å². The number of amides is 1. The molecule has 0 fully saturated rings. The van der Waals surface area contributed by atoms with Crippen LogP contribution in [0.5, 0.6) is 0 Å². The first kappa shape index (κ1) is 45.8. The number of rotatable bonds is 28. The zero-order chi connectivity index (χ0) is 42.8. The quantitative estimate of drug-likeness (QED) is 0.0355. The van der Waals surface area contributed by atoms with Gasteiger partial charge in [-0.25, -0.2) is 26.5 Å². The third-order valence-corrected chi connectivity index (χ3v) is 11.9. The fourth-order valence-corrected chi connectivity index (χ4v) is 8.04. The van der Waals surface area contributed by atoms with Gasteiger partial charge in [0.25, 0.3) is 5.91 Å². The summed E-state index contributed by atoms with van der Waals surface area (Å²) in [6, 6.07) is 15.0. The van der Waals surface area contributed by atoms with Gasteiger partial charge >= 0.3 is 5.97 Å². The number of aliphatic carboxylic acids is 1. The van der Waals surface area contributed by atoms with Gasteiger partial charge in [-0.05, 0) is 79.4 Å². The largest absolute Gasteiger partial charge is 0.480 e. The number of H-pyrrole nitrogens is 1. The molecule has 19 nitrogen and oxygen atoms in total. The summed E-state index contributed by atoms with van der Waals surface area (Å²) in [5, 5.41) is 20.6. The van der Waals surface area contributed by atoms with Crippen LogP contribution in [-0.4, -0.2) is 125 Å². The highest BCUT2D eigenvalue weighted by molar-refractivity contribution is 7.89. The number of nitrogens with two attached hydrogens (primary N) is 1. The number of nitrogens with zero attached hydrogens (tertiary/aromatic N) is 3. The van der Waals surface area contributed by atoms with Crippen LogP contribution in [0.25, 0.3) is 22.0 Å². The van der Waals surface area contributed by atoms with Crippen LogP contribution < -0.4 is 25.8 Å². The lowest BCUT2D eigenvalue weighted by molar-refractivity contribution is -0.138. The molecule has 0 spiro atoms. The van der Waals surface area contributed by atoms with E-state index in [4.69, 9.17) is 19.9 Å². The first-order chi connectivity index (χ1) is 29.0. The van der Waals surface area contributed by atoms with Gasteiger partial charge < -0.3 is 40.7 Å². The second kappa shape index (κ2) is 22.9. The number of sulfonamides is 2. The molecule has 21 heteroatoms. The lowest BCUT2D eigenvalue weighted by atomic mass is 10.1. The third kappa shape index (κ3) is 13.9. The Morgan fingerprint density at radius 2 is 1.43 bits per heavy atom. The van der Waals surface area contributed by atoms with E-state index in [1.54, 1.807) is 48.9 Å². The Labute approximate surface area is 348 Å². The Morgan fingerprint density at radius 3 is 2.05 bits per heavy atom. The molecule has 5 rings (SSSR count).